The van der Waals surface area contributed by atoms with Crippen LogP contribution in [0.3, 0.4) is 0 Å². The summed E-state index contributed by atoms with van der Waals surface area (Å²) in [7, 11) is 0. The molecule has 0 aliphatic carbocycles. The summed E-state index contributed by atoms with van der Waals surface area (Å²) in [5, 5.41) is 9.15. The smallest absolute Gasteiger partial charge is 0.232 e. The van der Waals surface area contributed by atoms with Gasteiger partial charge in [0.1, 0.15) is 11.9 Å². The van der Waals surface area contributed by atoms with Gasteiger partial charge in [-0.2, -0.15) is 0 Å². The molecule has 1 aliphatic heterocycles. The van der Waals surface area contributed by atoms with E-state index >= 15 is 0 Å². The molecule has 2 rings (SSSR count). The second-order valence-electron chi connectivity index (χ2n) is 2.16. The van der Waals surface area contributed by atoms with Crippen LogP contribution in [0.2, 0.25) is 0 Å². The molecule has 1 heterocycles. The summed E-state index contributed by atoms with van der Waals surface area (Å²) in [6, 6.07) is 7.34. The molecule has 1 N–H and O–H groups in total. The van der Waals surface area contributed by atoms with E-state index < -0.39 is 6.10 Å². The lowest BCUT2D eigenvalue weighted by Gasteiger charge is -1.95. The van der Waals surface area contributed by atoms with Gasteiger partial charge < -0.3 is 9.84 Å². The van der Waals surface area contributed by atoms with E-state index in [2.05, 4.69) is 6.61 Å². The SMILES string of the molecule is OC1[C]Oc2ccccc21. The molecular weight excluding hydrogens is 128 g/mol. The molecule has 0 saturated carbocycles. The summed E-state index contributed by atoms with van der Waals surface area (Å²) in [4.78, 5) is 0. The second-order valence-corrected chi connectivity index (χ2v) is 2.16. The molecule has 2 nitrogen and oxygen atoms in total. The lowest BCUT2D eigenvalue weighted by molar-refractivity contribution is 0.184. The standard InChI is InChI=1S/C8H6O2/c9-7-5-10-8-4-2-1-3-6(7)8/h1-4,7,9H. The Kier molecular flexibility index (Phi) is 1.14. The summed E-state index contributed by atoms with van der Waals surface area (Å²) in [5.41, 5.74) is 0.794. The highest BCUT2D eigenvalue weighted by Gasteiger charge is 2.22. The first-order chi connectivity index (χ1) is 4.88. The maximum atomic E-state index is 9.15. The van der Waals surface area contributed by atoms with E-state index in [1.165, 1.54) is 0 Å². The zero-order valence-corrected chi connectivity index (χ0v) is 5.24. The van der Waals surface area contributed by atoms with Crippen molar-refractivity contribution in [3.63, 3.8) is 0 Å². The molecule has 0 bridgehead atoms. The van der Waals surface area contributed by atoms with E-state index in [1.807, 2.05) is 18.2 Å². The second kappa shape index (κ2) is 1.99. The number of hydrogen-bond acceptors (Lipinski definition) is 2. The van der Waals surface area contributed by atoms with Crippen molar-refractivity contribution in [1.82, 2.24) is 0 Å². The molecule has 2 heteroatoms. The van der Waals surface area contributed by atoms with Gasteiger partial charge in [-0.05, 0) is 6.07 Å². The molecule has 0 aromatic heterocycles. The number of ether oxygens (including phenoxy) is 1. The van der Waals surface area contributed by atoms with Gasteiger partial charge in [-0.15, -0.1) is 0 Å². The van der Waals surface area contributed by atoms with Crippen molar-refractivity contribution in [2.24, 2.45) is 0 Å². The summed E-state index contributed by atoms with van der Waals surface area (Å²) in [5.74, 6) is 0.704. The Hall–Kier alpha value is -1.02. The molecule has 0 fully saturated rings. The van der Waals surface area contributed by atoms with E-state index in [0.29, 0.717) is 5.75 Å². The Morgan fingerprint density at radius 2 is 2.20 bits per heavy atom. The molecule has 10 heavy (non-hydrogen) atoms. The van der Waals surface area contributed by atoms with Gasteiger partial charge >= 0.3 is 0 Å². The van der Waals surface area contributed by atoms with Crippen LogP contribution in [0.15, 0.2) is 24.3 Å². The average Bonchev–Trinajstić information content (AvgIpc) is 2.34. The Balaban J connectivity index is 2.51. The van der Waals surface area contributed by atoms with Crippen LogP contribution in [-0.2, 0) is 0 Å². The lowest BCUT2D eigenvalue weighted by Crippen LogP contribution is -1.89. The molecule has 0 spiro atoms. The predicted molar refractivity (Wildman–Crippen MR) is 35.3 cm³/mol. The average molecular weight is 134 g/mol. The maximum Gasteiger partial charge on any atom is 0.232 e. The number of para-hydroxylation sites is 1. The maximum absolute atomic E-state index is 9.15. The van der Waals surface area contributed by atoms with Gasteiger partial charge in [-0.1, -0.05) is 18.2 Å². The summed E-state index contributed by atoms with van der Waals surface area (Å²) in [6.07, 6.45) is -0.670. The van der Waals surface area contributed by atoms with Crippen LogP contribution in [0.5, 0.6) is 5.75 Å². The van der Waals surface area contributed by atoms with Crippen LogP contribution in [0.4, 0.5) is 0 Å². The topological polar surface area (TPSA) is 29.5 Å². The van der Waals surface area contributed by atoms with Crippen LogP contribution in [0, 0.1) is 6.61 Å². The quantitative estimate of drug-likeness (QED) is 0.576. The fraction of sp³-hybridized carbons (Fsp3) is 0.125. The van der Waals surface area contributed by atoms with Crippen molar-refractivity contribution in [2.75, 3.05) is 0 Å². The highest BCUT2D eigenvalue weighted by Crippen LogP contribution is 2.33. The van der Waals surface area contributed by atoms with Gasteiger partial charge in [0.25, 0.3) is 0 Å². The van der Waals surface area contributed by atoms with Gasteiger partial charge in [0.2, 0.25) is 6.61 Å². The molecule has 0 saturated heterocycles. The van der Waals surface area contributed by atoms with Gasteiger partial charge in [0, 0.05) is 5.56 Å². The van der Waals surface area contributed by atoms with E-state index in [-0.39, 0.29) is 0 Å². The van der Waals surface area contributed by atoms with Crippen LogP contribution >= 0.6 is 0 Å². The third-order valence-electron chi connectivity index (χ3n) is 1.49. The van der Waals surface area contributed by atoms with Crippen molar-refractivity contribution >= 4 is 0 Å². The summed E-state index contributed by atoms with van der Waals surface area (Å²) < 4.78 is 4.91. The summed E-state index contributed by atoms with van der Waals surface area (Å²) >= 11 is 0. The third kappa shape index (κ3) is 0.693. The minimum Gasteiger partial charge on any atom is -0.475 e. The Morgan fingerprint density at radius 3 is 3.00 bits per heavy atom. The predicted octanol–water partition coefficient (Wildman–Crippen LogP) is 1.15. The minimum absolute atomic E-state index is 0.670. The lowest BCUT2D eigenvalue weighted by atomic mass is 10.1. The first-order valence-corrected chi connectivity index (χ1v) is 3.07. The van der Waals surface area contributed by atoms with E-state index in [0.717, 1.165) is 5.56 Å². The van der Waals surface area contributed by atoms with E-state index in [9.17, 15) is 0 Å². The molecule has 1 atom stereocenters. The Bertz CT molecular complexity index is 245. The van der Waals surface area contributed by atoms with Crippen molar-refractivity contribution in [3.8, 4) is 5.75 Å². The number of aliphatic hydroxyl groups is 1. The van der Waals surface area contributed by atoms with E-state index in [1.54, 1.807) is 6.07 Å². The Labute approximate surface area is 59.1 Å². The van der Waals surface area contributed by atoms with Gasteiger partial charge in [-0.25, -0.2) is 0 Å². The van der Waals surface area contributed by atoms with Crippen LogP contribution in [0.1, 0.15) is 11.7 Å². The normalized spacial score (nSPS) is 21.9. The zero-order valence-electron chi connectivity index (χ0n) is 5.24. The van der Waals surface area contributed by atoms with Crippen molar-refractivity contribution in [1.29, 1.82) is 0 Å². The highest BCUT2D eigenvalue weighted by molar-refractivity contribution is 5.39. The molecule has 1 aromatic rings. The van der Waals surface area contributed by atoms with Crippen molar-refractivity contribution in [2.45, 2.75) is 6.10 Å². The fourth-order valence-corrected chi connectivity index (χ4v) is 0.982. The Morgan fingerprint density at radius 1 is 1.40 bits per heavy atom. The van der Waals surface area contributed by atoms with Crippen LogP contribution in [0.25, 0.3) is 0 Å². The van der Waals surface area contributed by atoms with Gasteiger partial charge in [-0.3, -0.25) is 0 Å². The first-order valence-electron chi connectivity index (χ1n) is 3.07. The third-order valence-corrected chi connectivity index (χ3v) is 1.49. The summed E-state index contributed by atoms with van der Waals surface area (Å²) in [6.45, 7) is 2.44. The zero-order chi connectivity index (χ0) is 6.97. The number of fused-ring (bicyclic) bond motifs is 1. The first kappa shape index (κ1) is 5.74. The van der Waals surface area contributed by atoms with Crippen molar-refractivity contribution in [3.05, 3.63) is 36.4 Å². The van der Waals surface area contributed by atoms with Crippen molar-refractivity contribution < 1.29 is 9.84 Å². The molecular formula is C8H6O2. The van der Waals surface area contributed by atoms with Gasteiger partial charge in [0.15, 0.2) is 0 Å². The highest BCUT2D eigenvalue weighted by atomic mass is 16.5. The number of hydrogen-bond donors (Lipinski definition) is 1. The molecule has 1 aliphatic rings. The van der Waals surface area contributed by atoms with E-state index in [4.69, 9.17) is 9.84 Å². The number of benzene rings is 1. The minimum atomic E-state index is -0.670. The fourth-order valence-electron chi connectivity index (χ4n) is 0.982. The molecule has 50 valence electrons. The molecule has 1 unspecified atom stereocenters. The van der Waals surface area contributed by atoms with Gasteiger partial charge in [0.05, 0.1) is 0 Å². The molecule has 0 amide bonds. The molecule has 2 radical (unpaired) electrons. The largest absolute Gasteiger partial charge is 0.475 e. The van der Waals surface area contributed by atoms with Crippen LogP contribution in [-0.4, -0.2) is 5.11 Å². The molecule has 1 aromatic carbocycles. The van der Waals surface area contributed by atoms with Crippen LogP contribution < -0.4 is 4.74 Å². The monoisotopic (exact) mass is 134 g/mol. The number of rotatable bonds is 0. The number of aliphatic hydroxyl groups excluding tert-OH is 1.